The molecule has 5 nitrogen and oxygen atoms in total. The molecule has 0 aliphatic carbocycles. The van der Waals surface area contributed by atoms with Crippen LogP contribution in [0.5, 0.6) is 0 Å². The number of nitrogens with zero attached hydrogens (tertiary/aromatic N) is 1. The Bertz CT molecular complexity index is 1360. The number of benzene rings is 2. The summed E-state index contributed by atoms with van der Waals surface area (Å²) in [6, 6.07) is 12.8. The van der Waals surface area contributed by atoms with E-state index in [0.717, 1.165) is 33.3 Å². The van der Waals surface area contributed by atoms with Gasteiger partial charge in [-0.25, -0.2) is 9.37 Å². The highest BCUT2D eigenvalue weighted by molar-refractivity contribution is 6.30. The summed E-state index contributed by atoms with van der Waals surface area (Å²) in [4.78, 5) is 28.9. The number of fused-ring (bicyclic) bond motifs is 1. The van der Waals surface area contributed by atoms with Crippen LogP contribution < -0.4 is 5.32 Å². The van der Waals surface area contributed by atoms with Gasteiger partial charge in [-0.2, -0.15) is 0 Å². The van der Waals surface area contributed by atoms with Gasteiger partial charge in [0.1, 0.15) is 6.17 Å². The molecule has 1 heterocycles. The summed E-state index contributed by atoms with van der Waals surface area (Å²) in [5, 5.41) is 13.5. The standard InChI is InChI=1S/C31H34ClFN2O3/c1-5-22(11-10-20(3)33)30-23(8-6-7-9-29(36)37)16-26-17-24(12-13-28(26)35-30)31(38)34-21(4)25-14-19(2)15-27(32)18-25/h5,10-18,20-21H,6-9H2,1-4H3,(H,34,38)(H,36,37)/b11-10-,22-5+/t20?,21-/m1/s1. The Kier molecular flexibility index (Phi) is 10.2. The Morgan fingerprint density at radius 3 is 2.55 bits per heavy atom. The normalized spacial score (nSPS) is 13.6. The third kappa shape index (κ3) is 7.99. The zero-order valence-corrected chi connectivity index (χ0v) is 23.0. The van der Waals surface area contributed by atoms with E-state index >= 15 is 0 Å². The van der Waals surface area contributed by atoms with Crippen molar-refractivity contribution in [2.24, 2.45) is 0 Å². The number of carboxylic acids is 1. The first-order chi connectivity index (χ1) is 18.1. The summed E-state index contributed by atoms with van der Waals surface area (Å²) >= 11 is 6.19. The molecule has 0 spiro atoms. The minimum atomic E-state index is -1.09. The van der Waals surface area contributed by atoms with Gasteiger partial charge in [0.2, 0.25) is 0 Å². The maximum atomic E-state index is 13.5. The quantitative estimate of drug-likeness (QED) is 0.193. The number of carbonyl (C=O) groups excluding carboxylic acids is 1. The molecule has 0 aliphatic rings. The van der Waals surface area contributed by atoms with E-state index < -0.39 is 12.1 Å². The fourth-order valence-electron chi connectivity index (χ4n) is 4.32. The lowest BCUT2D eigenvalue weighted by molar-refractivity contribution is -0.137. The molecule has 38 heavy (non-hydrogen) atoms. The molecule has 2 N–H and O–H groups in total. The number of amides is 1. The van der Waals surface area contributed by atoms with Gasteiger partial charge < -0.3 is 10.4 Å². The molecule has 7 heteroatoms. The van der Waals surface area contributed by atoms with Gasteiger partial charge in [-0.1, -0.05) is 35.9 Å². The molecule has 0 bridgehead atoms. The molecule has 3 rings (SSSR count). The Balaban J connectivity index is 1.93. The van der Waals surface area contributed by atoms with E-state index in [2.05, 4.69) is 5.32 Å². The minimum absolute atomic E-state index is 0.0980. The number of nitrogens with one attached hydrogen (secondary N) is 1. The van der Waals surface area contributed by atoms with Gasteiger partial charge in [-0.15, -0.1) is 0 Å². The third-order valence-electron chi connectivity index (χ3n) is 6.28. The van der Waals surface area contributed by atoms with Gasteiger partial charge in [0.25, 0.3) is 5.91 Å². The first kappa shape index (κ1) is 29.1. The topological polar surface area (TPSA) is 79.3 Å². The number of unbranched alkanes of at least 4 members (excludes halogenated alkanes) is 1. The smallest absolute Gasteiger partial charge is 0.303 e. The van der Waals surface area contributed by atoms with Gasteiger partial charge in [0, 0.05) is 22.4 Å². The molecule has 1 amide bonds. The lowest BCUT2D eigenvalue weighted by Gasteiger charge is -2.16. The lowest BCUT2D eigenvalue weighted by Crippen LogP contribution is -2.26. The molecule has 200 valence electrons. The highest BCUT2D eigenvalue weighted by atomic mass is 35.5. The number of halogens is 2. The van der Waals surface area contributed by atoms with Gasteiger partial charge in [0.15, 0.2) is 0 Å². The minimum Gasteiger partial charge on any atom is -0.481 e. The van der Waals surface area contributed by atoms with Crippen molar-refractivity contribution < 1.29 is 19.1 Å². The molecule has 0 saturated carbocycles. The second kappa shape index (κ2) is 13.3. The highest BCUT2D eigenvalue weighted by Gasteiger charge is 2.15. The van der Waals surface area contributed by atoms with Crippen LogP contribution in [0.2, 0.25) is 5.02 Å². The average molecular weight is 537 g/mol. The van der Waals surface area contributed by atoms with Gasteiger partial charge >= 0.3 is 5.97 Å². The molecular formula is C31H34ClFN2O3. The van der Waals surface area contributed by atoms with Crippen molar-refractivity contribution in [2.75, 3.05) is 0 Å². The van der Waals surface area contributed by atoms with Crippen molar-refractivity contribution in [2.45, 2.75) is 65.6 Å². The van der Waals surface area contributed by atoms with E-state index in [4.69, 9.17) is 21.7 Å². The lowest BCUT2D eigenvalue weighted by atomic mass is 9.97. The monoisotopic (exact) mass is 536 g/mol. The number of hydrogen-bond acceptors (Lipinski definition) is 3. The van der Waals surface area contributed by atoms with E-state index in [0.29, 0.717) is 35.4 Å². The van der Waals surface area contributed by atoms with Crippen molar-refractivity contribution in [3.63, 3.8) is 0 Å². The molecule has 2 atom stereocenters. The van der Waals surface area contributed by atoms with Gasteiger partial charge in [-0.3, -0.25) is 9.59 Å². The number of pyridine rings is 1. The zero-order chi connectivity index (χ0) is 27.8. The Hall–Kier alpha value is -3.51. The SMILES string of the molecule is C/C=C(\C=C/C(C)F)c1nc2ccc(C(=O)N[C@H](C)c3cc(C)cc(Cl)c3)cc2cc1CCCCC(=O)O. The number of carbonyl (C=O) groups is 2. The highest BCUT2D eigenvalue weighted by Crippen LogP contribution is 2.27. The molecule has 0 radical (unpaired) electrons. The van der Waals surface area contributed by atoms with E-state index in [1.165, 1.54) is 13.0 Å². The number of hydrogen-bond donors (Lipinski definition) is 2. The zero-order valence-electron chi connectivity index (χ0n) is 22.2. The molecular weight excluding hydrogens is 503 g/mol. The van der Waals surface area contributed by atoms with Crippen molar-refractivity contribution in [3.05, 3.63) is 93.7 Å². The van der Waals surface area contributed by atoms with Crippen LogP contribution in [-0.2, 0) is 11.2 Å². The Morgan fingerprint density at radius 2 is 1.89 bits per heavy atom. The van der Waals surface area contributed by atoms with Crippen LogP contribution in [0.3, 0.4) is 0 Å². The number of rotatable bonds is 11. The average Bonchev–Trinajstić information content (AvgIpc) is 2.85. The number of alkyl halides is 1. The van der Waals surface area contributed by atoms with Crippen molar-refractivity contribution in [1.82, 2.24) is 10.3 Å². The van der Waals surface area contributed by atoms with Gasteiger partial charge in [0.05, 0.1) is 17.3 Å². The Labute approximate surface area is 228 Å². The van der Waals surface area contributed by atoms with Crippen LogP contribution in [0, 0.1) is 6.92 Å². The van der Waals surface area contributed by atoms with E-state index in [1.807, 2.05) is 63.2 Å². The number of aryl methyl sites for hydroxylation is 2. The summed E-state index contributed by atoms with van der Waals surface area (Å²) in [6.45, 7) is 7.21. The predicted molar refractivity (Wildman–Crippen MR) is 152 cm³/mol. The molecule has 3 aromatic rings. The third-order valence-corrected chi connectivity index (χ3v) is 6.50. The van der Waals surface area contributed by atoms with E-state index in [-0.39, 0.29) is 18.4 Å². The van der Waals surface area contributed by atoms with Crippen molar-refractivity contribution >= 4 is 40.0 Å². The molecule has 0 fully saturated rings. The second-order valence-corrected chi connectivity index (χ2v) is 9.98. The number of aromatic nitrogens is 1. The van der Waals surface area contributed by atoms with Crippen LogP contribution in [0.15, 0.2) is 60.7 Å². The first-order valence-corrected chi connectivity index (χ1v) is 13.2. The largest absolute Gasteiger partial charge is 0.481 e. The fourth-order valence-corrected chi connectivity index (χ4v) is 4.62. The summed E-state index contributed by atoms with van der Waals surface area (Å²) in [5.74, 6) is -1.04. The van der Waals surface area contributed by atoms with Crippen molar-refractivity contribution in [3.8, 4) is 0 Å². The number of carboxylic acid groups (broad SMARTS) is 1. The van der Waals surface area contributed by atoms with Crippen LogP contribution >= 0.6 is 11.6 Å². The predicted octanol–water partition coefficient (Wildman–Crippen LogP) is 7.80. The van der Waals surface area contributed by atoms with Crippen LogP contribution in [-0.4, -0.2) is 28.1 Å². The first-order valence-electron chi connectivity index (χ1n) is 12.8. The van der Waals surface area contributed by atoms with Crippen LogP contribution in [0.4, 0.5) is 4.39 Å². The molecule has 0 saturated heterocycles. The van der Waals surface area contributed by atoms with Crippen LogP contribution in [0.1, 0.15) is 78.8 Å². The molecule has 1 unspecified atom stereocenters. The summed E-state index contributed by atoms with van der Waals surface area (Å²) < 4.78 is 13.5. The van der Waals surface area contributed by atoms with E-state index in [9.17, 15) is 14.0 Å². The van der Waals surface area contributed by atoms with Crippen molar-refractivity contribution in [1.29, 1.82) is 0 Å². The number of aliphatic carboxylic acids is 1. The summed E-state index contributed by atoms with van der Waals surface area (Å²) in [5.41, 5.74) is 5.61. The van der Waals surface area contributed by atoms with Gasteiger partial charge in [-0.05, 0) is 106 Å². The van der Waals surface area contributed by atoms with E-state index in [1.54, 1.807) is 12.1 Å². The summed E-state index contributed by atoms with van der Waals surface area (Å²) in [7, 11) is 0. The van der Waals surface area contributed by atoms with Crippen LogP contribution in [0.25, 0.3) is 16.5 Å². The molecule has 0 aliphatic heterocycles. The number of allylic oxidation sites excluding steroid dienone is 4. The maximum absolute atomic E-state index is 13.5. The summed E-state index contributed by atoms with van der Waals surface area (Å²) in [6.07, 6.45) is 5.91. The Morgan fingerprint density at radius 1 is 1.13 bits per heavy atom. The molecule has 1 aromatic heterocycles. The second-order valence-electron chi connectivity index (χ2n) is 9.54. The maximum Gasteiger partial charge on any atom is 0.303 e. The fraction of sp³-hybridized carbons (Fsp3) is 0.323. The molecule has 2 aromatic carbocycles.